The third-order valence-electron chi connectivity index (χ3n) is 6.74. The molecular formula is C29H32N4O2. The van der Waals surface area contributed by atoms with E-state index in [1.165, 1.54) is 0 Å². The van der Waals surface area contributed by atoms with Gasteiger partial charge in [-0.3, -0.25) is 0 Å². The quantitative estimate of drug-likeness (QED) is 0.551. The maximum absolute atomic E-state index is 10.5. The lowest BCUT2D eigenvalue weighted by Gasteiger charge is -2.35. The second-order valence-electron chi connectivity index (χ2n) is 10.5. The number of hydrogen-bond acceptors (Lipinski definition) is 6. The molecule has 0 spiro atoms. The van der Waals surface area contributed by atoms with Gasteiger partial charge in [0.05, 0.1) is 48.8 Å². The molecule has 2 aromatic carbocycles. The minimum absolute atomic E-state index is 0.246. The van der Waals surface area contributed by atoms with E-state index in [1.807, 2.05) is 26.0 Å². The van der Waals surface area contributed by atoms with Crippen molar-refractivity contribution in [2.75, 3.05) is 24.9 Å². The van der Waals surface area contributed by atoms with Gasteiger partial charge in [0.15, 0.2) is 5.41 Å². The first-order chi connectivity index (χ1) is 16.4. The van der Waals surface area contributed by atoms with E-state index in [0.29, 0.717) is 22.6 Å². The summed E-state index contributed by atoms with van der Waals surface area (Å²) in [6.07, 6.45) is 4.28. The standard InChI is InChI=1S/C29H32N4O2/c1-17-13-27(3,4)32-25-21(17)9-19(11-23(25)34-7)29(15-30,16-31)20-10-22-18(2)14-28(5,6)33-26(22)24(12-20)35-8/h9-14,32-33H,1-8H3. The number of fused-ring (bicyclic) bond motifs is 2. The molecule has 0 saturated heterocycles. The molecule has 0 saturated carbocycles. The lowest BCUT2D eigenvalue weighted by atomic mass is 9.74. The highest BCUT2D eigenvalue weighted by atomic mass is 16.5. The Bertz CT molecular complexity index is 1260. The number of nitriles is 2. The molecule has 2 heterocycles. The van der Waals surface area contributed by atoms with Crippen molar-refractivity contribution in [2.24, 2.45) is 0 Å². The fourth-order valence-corrected chi connectivity index (χ4v) is 5.27. The van der Waals surface area contributed by atoms with Crippen molar-refractivity contribution in [1.29, 1.82) is 10.5 Å². The number of benzene rings is 2. The number of methoxy groups -OCH3 is 2. The summed E-state index contributed by atoms with van der Waals surface area (Å²) >= 11 is 0. The highest BCUT2D eigenvalue weighted by Gasteiger charge is 2.39. The number of rotatable bonds is 4. The summed E-state index contributed by atoms with van der Waals surface area (Å²) in [6, 6.07) is 12.1. The smallest absolute Gasteiger partial charge is 0.193 e. The summed E-state index contributed by atoms with van der Waals surface area (Å²) in [6.45, 7) is 12.4. The van der Waals surface area contributed by atoms with Gasteiger partial charge in [-0.05, 0) is 88.1 Å². The Balaban J connectivity index is 1.99. The Hall–Kier alpha value is -3.90. The van der Waals surface area contributed by atoms with Gasteiger partial charge in [-0.15, -0.1) is 0 Å². The van der Waals surface area contributed by atoms with Crippen molar-refractivity contribution in [3.05, 3.63) is 58.7 Å². The van der Waals surface area contributed by atoms with Crippen molar-refractivity contribution in [3.8, 4) is 23.6 Å². The molecule has 6 heteroatoms. The van der Waals surface area contributed by atoms with Crippen molar-refractivity contribution >= 4 is 22.5 Å². The maximum atomic E-state index is 10.5. The van der Waals surface area contributed by atoms with Crippen molar-refractivity contribution in [1.82, 2.24) is 0 Å². The third kappa shape index (κ3) is 3.90. The van der Waals surface area contributed by atoms with Crippen LogP contribution in [-0.4, -0.2) is 25.3 Å². The van der Waals surface area contributed by atoms with E-state index in [9.17, 15) is 10.5 Å². The lowest BCUT2D eigenvalue weighted by molar-refractivity contribution is 0.413. The molecule has 35 heavy (non-hydrogen) atoms. The summed E-state index contributed by atoms with van der Waals surface area (Å²) in [4.78, 5) is 0. The van der Waals surface area contributed by atoms with Crippen molar-refractivity contribution in [3.63, 3.8) is 0 Å². The highest BCUT2D eigenvalue weighted by Crippen LogP contribution is 2.47. The largest absolute Gasteiger partial charge is 0.495 e. The molecule has 4 rings (SSSR count). The van der Waals surface area contributed by atoms with Crippen LogP contribution < -0.4 is 20.1 Å². The minimum atomic E-state index is -1.56. The van der Waals surface area contributed by atoms with Crippen LogP contribution in [-0.2, 0) is 5.41 Å². The van der Waals surface area contributed by atoms with E-state index in [2.05, 4.69) is 62.6 Å². The van der Waals surface area contributed by atoms with Gasteiger partial charge in [-0.25, -0.2) is 0 Å². The first-order valence-electron chi connectivity index (χ1n) is 11.6. The van der Waals surface area contributed by atoms with Crippen molar-refractivity contribution < 1.29 is 9.47 Å². The first-order valence-corrected chi connectivity index (χ1v) is 11.6. The average Bonchev–Trinajstić information content (AvgIpc) is 2.78. The number of ether oxygens (including phenoxy) is 2. The zero-order chi connectivity index (χ0) is 25.8. The third-order valence-corrected chi connectivity index (χ3v) is 6.74. The number of allylic oxidation sites excluding steroid dienone is 2. The fourth-order valence-electron chi connectivity index (χ4n) is 5.27. The van der Waals surface area contributed by atoms with Crippen LogP contribution in [0.3, 0.4) is 0 Å². The molecule has 2 aliphatic heterocycles. The van der Waals surface area contributed by atoms with Crippen molar-refractivity contribution in [2.45, 2.75) is 58.0 Å². The molecule has 0 aliphatic carbocycles. The fraction of sp³-hybridized carbons (Fsp3) is 0.379. The van der Waals surface area contributed by atoms with Crippen LogP contribution in [0.1, 0.15) is 63.8 Å². The molecule has 0 atom stereocenters. The zero-order valence-electron chi connectivity index (χ0n) is 21.7. The van der Waals surface area contributed by atoms with Crippen LogP contribution in [0.5, 0.6) is 11.5 Å². The second-order valence-corrected chi connectivity index (χ2v) is 10.5. The lowest BCUT2D eigenvalue weighted by Crippen LogP contribution is -2.33. The van der Waals surface area contributed by atoms with Crippen LogP contribution in [0.25, 0.3) is 11.1 Å². The number of hydrogen-bond donors (Lipinski definition) is 2. The molecule has 0 radical (unpaired) electrons. The van der Waals surface area contributed by atoms with Gasteiger partial charge in [0.25, 0.3) is 0 Å². The molecular weight excluding hydrogens is 436 g/mol. The maximum Gasteiger partial charge on any atom is 0.193 e. The summed E-state index contributed by atoms with van der Waals surface area (Å²) in [5.41, 5.74) is 4.72. The van der Waals surface area contributed by atoms with Crippen LogP contribution in [0.4, 0.5) is 11.4 Å². The minimum Gasteiger partial charge on any atom is -0.495 e. The Morgan fingerprint density at radius 2 is 1.09 bits per heavy atom. The molecule has 2 aliphatic rings. The molecule has 2 aromatic rings. The van der Waals surface area contributed by atoms with Crippen LogP contribution >= 0.6 is 0 Å². The van der Waals surface area contributed by atoms with Gasteiger partial charge in [0.2, 0.25) is 0 Å². The van der Waals surface area contributed by atoms with Crippen LogP contribution in [0.15, 0.2) is 36.4 Å². The summed E-state index contributed by atoms with van der Waals surface area (Å²) in [7, 11) is 3.21. The molecule has 0 aromatic heterocycles. The average molecular weight is 469 g/mol. The van der Waals surface area contributed by atoms with Gasteiger partial charge in [-0.1, -0.05) is 12.2 Å². The van der Waals surface area contributed by atoms with E-state index < -0.39 is 5.41 Å². The van der Waals surface area contributed by atoms with E-state index in [4.69, 9.17) is 9.47 Å². The molecule has 0 fully saturated rings. The van der Waals surface area contributed by atoms with E-state index in [1.54, 1.807) is 26.4 Å². The summed E-state index contributed by atoms with van der Waals surface area (Å²) < 4.78 is 11.5. The normalized spacial score (nSPS) is 17.2. The Morgan fingerprint density at radius 3 is 1.40 bits per heavy atom. The molecule has 180 valence electrons. The first kappa shape index (κ1) is 24.2. The zero-order valence-corrected chi connectivity index (χ0v) is 21.7. The monoisotopic (exact) mass is 468 g/mol. The van der Waals surface area contributed by atoms with Gasteiger partial charge in [0.1, 0.15) is 11.5 Å². The molecule has 0 bridgehead atoms. The molecule has 0 unspecified atom stereocenters. The van der Waals surface area contributed by atoms with Crippen LogP contribution in [0, 0.1) is 22.7 Å². The Kier molecular flexibility index (Phi) is 5.61. The predicted octanol–water partition coefficient (Wildman–Crippen LogP) is 6.25. The van der Waals surface area contributed by atoms with Crippen LogP contribution in [0.2, 0.25) is 0 Å². The number of nitrogens with one attached hydrogen (secondary N) is 2. The van der Waals surface area contributed by atoms with Gasteiger partial charge in [-0.2, -0.15) is 10.5 Å². The topological polar surface area (TPSA) is 90.1 Å². The molecule has 6 nitrogen and oxygen atoms in total. The van der Waals surface area contributed by atoms with Gasteiger partial charge in [0, 0.05) is 11.1 Å². The number of anilines is 2. The summed E-state index contributed by atoms with van der Waals surface area (Å²) in [5, 5.41) is 28.0. The molecule has 2 N–H and O–H groups in total. The predicted molar refractivity (Wildman–Crippen MR) is 141 cm³/mol. The van der Waals surface area contributed by atoms with E-state index in [-0.39, 0.29) is 11.1 Å². The van der Waals surface area contributed by atoms with E-state index in [0.717, 1.165) is 33.6 Å². The van der Waals surface area contributed by atoms with Gasteiger partial charge >= 0.3 is 0 Å². The highest BCUT2D eigenvalue weighted by molar-refractivity contribution is 5.87. The Morgan fingerprint density at radius 1 is 0.714 bits per heavy atom. The SMILES string of the molecule is COc1cc(C(C#N)(C#N)c2cc(OC)c3c(c2)C(C)=CC(C)(C)N3)cc2c1NC(C)(C)C=C2C. The summed E-state index contributed by atoms with van der Waals surface area (Å²) in [5.74, 6) is 1.19. The molecule has 0 amide bonds. The number of nitrogens with zero attached hydrogens (tertiary/aromatic N) is 2. The Labute approximate surface area is 207 Å². The van der Waals surface area contributed by atoms with Gasteiger partial charge < -0.3 is 20.1 Å². The van der Waals surface area contributed by atoms with E-state index >= 15 is 0 Å². The second kappa shape index (κ2) is 8.10.